The van der Waals surface area contributed by atoms with Crippen molar-refractivity contribution in [3.8, 4) is 5.75 Å². The summed E-state index contributed by atoms with van der Waals surface area (Å²) >= 11 is 0. The van der Waals surface area contributed by atoms with Crippen LogP contribution in [0.3, 0.4) is 0 Å². The van der Waals surface area contributed by atoms with Crippen molar-refractivity contribution >= 4 is 23.1 Å². The maximum absolute atomic E-state index is 5.35. The minimum Gasteiger partial charge on any atom is -0.495 e. The minimum absolute atomic E-state index is 0.448. The molecule has 3 aromatic rings. The Kier molecular flexibility index (Phi) is 5.09. The number of rotatable bonds is 6. The first kappa shape index (κ1) is 16.7. The van der Waals surface area contributed by atoms with E-state index in [2.05, 4.69) is 57.9 Å². The van der Waals surface area contributed by atoms with Gasteiger partial charge in [-0.3, -0.25) is 0 Å². The van der Waals surface area contributed by atoms with Crippen LogP contribution in [0.5, 0.6) is 5.75 Å². The van der Waals surface area contributed by atoms with Crippen molar-refractivity contribution in [2.24, 2.45) is 0 Å². The predicted octanol–water partition coefficient (Wildman–Crippen LogP) is 4.24. The van der Waals surface area contributed by atoms with Gasteiger partial charge in [-0.2, -0.15) is 10.1 Å². The molecule has 1 aromatic heterocycles. The summed E-state index contributed by atoms with van der Waals surface area (Å²) in [5.41, 5.74) is 4.21. The Labute approximate surface area is 147 Å². The number of aromatic nitrogens is 3. The highest BCUT2D eigenvalue weighted by Gasteiger charge is 2.08. The normalized spacial score (nSPS) is 10.4. The molecular weight excluding hydrogens is 314 g/mol. The first-order chi connectivity index (χ1) is 12.2. The number of nitrogens with one attached hydrogen (secondary N) is 2. The molecule has 0 aliphatic rings. The van der Waals surface area contributed by atoms with Gasteiger partial charge in [0.05, 0.1) is 19.0 Å². The van der Waals surface area contributed by atoms with Crippen molar-refractivity contribution in [3.63, 3.8) is 0 Å². The molecule has 0 saturated carbocycles. The first-order valence-electron chi connectivity index (χ1n) is 8.16. The van der Waals surface area contributed by atoms with Gasteiger partial charge in [0.15, 0.2) is 5.82 Å². The third-order valence-corrected chi connectivity index (χ3v) is 3.91. The van der Waals surface area contributed by atoms with Crippen LogP contribution in [0.4, 0.5) is 23.1 Å². The molecule has 0 aliphatic carbocycles. The lowest BCUT2D eigenvalue weighted by atomic mass is 10.1. The van der Waals surface area contributed by atoms with Crippen LogP contribution in [0.15, 0.2) is 48.7 Å². The van der Waals surface area contributed by atoms with E-state index in [4.69, 9.17) is 4.74 Å². The number of benzene rings is 2. The zero-order valence-electron chi connectivity index (χ0n) is 14.6. The monoisotopic (exact) mass is 335 g/mol. The lowest BCUT2D eigenvalue weighted by molar-refractivity contribution is 0.417. The average molecular weight is 335 g/mol. The molecule has 0 bridgehead atoms. The fraction of sp³-hybridized carbons (Fsp3) is 0.211. The maximum atomic E-state index is 5.35. The van der Waals surface area contributed by atoms with Gasteiger partial charge in [-0.25, -0.2) is 0 Å². The lowest BCUT2D eigenvalue weighted by Crippen LogP contribution is -2.05. The Morgan fingerprint density at radius 3 is 2.68 bits per heavy atom. The van der Waals surface area contributed by atoms with Crippen LogP contribution in [0, 0.1) is 6.92 Å². The lowest BCUT2D eigenvalue weighted by Gasteiger charge is -2.13. The largest absolute Gasteiger partial charge is 0.495 e. The van der Waals surface area contributed by atoms with E-state index in [0.717, 1.165) is 29.1 Å². The van der Waals surface area contributed by atoms with Gasteiger partial charge in [-0.1, -0.05) is 37.3 Å². The molecule has 2 aromatic carbocycles. The standard InChI is InChI=1S/C19H21N5O/c1-4-14-9-7-8-13(2)18(14)23-19-22-17(12-20-24-19)21-15-10-5-6-11-16(15)25-3/h5-12H,4H2,1-3H3,(H2,21,22,23,24). The maximum Gasteiger partial charge on any atom is 0.249 e. The van der Waals surface area contributed by atoms with Crippen molar-refractivity contribution in [2.75, 3.05) is 17.7 Å². The highest BCUT2D eigenvalue weighted by atomic mass is 16.5. The quantitative estimate of drug-likeness (QED) is 0.702. The number of ether oxygens (including phenoxy) is 1. The Bertz CT molecular complexity index is 866. The molecule has 2 N–H and O–H groups in total. The molecule has 0 aliphatic heterocycles. The van der Waals surface area contributed by atoms with E-state index in [1.807, 2.05) is 24.3 Å². The highest BCUT2D eigenvalue weighted by molar-refractivity contribution is 5.66. The Morgan fingerprint density at radius 2 is 1.88 bits per heavy atom. The summed E-state index contributed by atoms with van der Waals surface area (Å²) in [4.78, 5) is 4.50. The number of nitrogens with zero attached hydrogens (tertiary/aromatic N) is 3. The zero-order chi connectivity index (χ0) is 17.6. The van der Waals surface area contributed by atoms with Crippen molar-refractivity contribution in [2.45, 2.75) is 20.3 Å². The molecule has 0 spiro atoms. The van der Waals surface area contributed by atoms with Gasteiger partial charge in [0.1, 0.15) is 5.75 Å². The summed E-state index contributed by atoms with van der Waals surface area (Å²) in [7, 11) is 1.64. The van der Waals surface area contributed by atoms with Gasteiger partial charge < -0.3 is 15.4 Å². The second-order valence-corrected chi connectivity index (χ2v) is 5.58. The topological polar surface area (TPSA) is 72.0 Å². The minimum atomic E-state index is 0.448. The molecule has 0 unspecified atom stereocenters. The summed E-state index contributed by atoms with van der Waals surface area (Å²) < 4.78 is 5.35. The molecule has 0 radical (unpaired) electrons. The number of anilines is 4. The molecule has 1 heterocycles. The fourth-order valence-corrected chi connectivity index (χ4v) is 2.62. The third kappa shape index (κ3) is 3.85. The number of para-hydroxylation sites is 3. The molecule has 25 heavy (non-hydrogen) atoms. The fourth-order valence-electron chi connectivity index (χ4n) is 2.62. The van der Waals surface area contributed by atoms with Gasteiger partial charge in [0.2, 0.25) is 5.95 Å². The van der Waals surface area contributed by atoms with Crippen molar-refractivity contribution in [3.05, 3.63) is 59.8 Å². The summed E-state index contributed by atoms with van der Waals surface area (Å²) in [6.07, 6.45) is 2.51. The van der Waals surface area contributed by atoms with Crippen LogP contribution in [-0.2, 0) is 6.42 Å². The second kappa shape index (κ2) is 7.61. The van der Waals surface area contributed by atoms with E-state index in [-0.39, 0.29) is 0 Å². The molecule has 6 heteroatoms. The Hall–Kier alpha value is -3.15. The average Bonchev–Trinajstić information content (AvgIpc) is 2.64. The summed E-state index contributed by atoms with van der Waals surface area (Å²) in [5.74, 6) is 1.78. The molecule has 3 rings (SSSR count). The van der Waals surface area contributed by atoms with Crippen LogP contribution >= 0.6 is 0 Å². The molecule has 0 saturated heterocycles. The summed E-state index contributed by atoms with van der Waals surface area (Å²) in [6, 6.07) is 13.9. The highest BCUT2D eigenvalue weighted by Crippen LogP contribution is 2.27. The summed E-state index contributed by atoms with van der Waals surface area (Å²) in [5, 5.41) is 14.6. The van der Waals surface area contributed by atoms with Crippen molar-refractivity contribution in [1.82, 2.24) is 15.2 Å². The Morgan fingerprint density at radius 1 is 1.04 bits per heavy atom. The molecule has 128 valence electrons. The van der Waals surface area contributed by atoms with E-state index in [9.17, 15) is 0 Å². The molecule has 0 fully saturated rings. The van der Waals surface area contributed by atoms with E-state index in [0.29, 0.717) is 11.8 Å². The van der Waals surface area contributed by atoms with Gasteiger partial charge in [0, 0.05) is 5.69 Å². The number of hydrogen-bond acceptors (Lipinski definition) is 6. The van der Waals surface area contributed by atoms with E-state index in [1.54, 1.807) is 13.3 Å². The molecule has 0 atom stereocenters. The van der Waals surface area contributed by atoms with Crippen LogP contribution in [0.1, 0.15) is 18.1 Å². The predicted molar refractivity (Wildman–Crippen MR) is 99.9 cm³/mol. The Balaban J connectivity index is 1.85. The van der Waals surface area contributed by atoms with Crippen molar-refractivity contribution in [1.29, 1.82) is 0 Å². The number of methoxy groups -OCH3 is 1. The molecule has 0 amide bonds. The van der Waals surface area contributed by atoms with Crippen LogP contribution in [0.2, 0.25) is 0 Å². The number of hydrogen-bond donors (Lipinski definition) is 2. The van der Waals surface area contributed by atoms with Crippen molar-refractivity contribution < 1.29 is 4.74 Å². The van der Waals surface area contributed by atoms with Crippen LogP contribution in [-0.4, -0.2) is 22.3 Å². The third-order valence-electron chi connectivity index (χ3n) is 3.91. The molecular formula is C19H21N5O. The van der Waals surface area contributed by atoms with E-state index in [1.165, 1.54) is 5.56 Å². The van der Waals surface area contributed by atoms with Gasteiger partial charge in [-0.05, 0) is 36.6 Å². The van der Waals surface area contributed by atoms with E-state index >= 15 is 0 Å². The molecule has 6 nitrogen and oxygen atoms in total. The second-order valence-electron chi connectivity index (χ2n) is 5.58. The smallest absolute Gasteiger partial charge is 0.249 e. The van der Waals surface area contributed by atoms with Gasteiger partial charge in [0.25, 0.3) is 0 Å². The van der Waals surface area contributed by atoms with Gasteiger partial charge >= 0.3 is 0 Å². The van der Waals surface area contributed by atoms with Crippen LogP contribution in [0.25, 0.3) is 0 Å². The number of aryl methyl sites for hydroxylation is 2. The van der Waals surface area contributed by atoms with Gasteiger partial charge in [-0.15, -0.1) is 5.10 Å². The summed E-state index contributed by atoms with van der Waals surface area (Å²) in [6.45, 7) is 4.19. The zero-order valence-corrected chi connectivity index (χ0v) is 14.6. The van der Waals surface area contributed by atoms with Crippen LogP contribution < -0.4 is 15.4 Å². The van der Waals surface area contributed by atoms with E-state index < -0.39 is 0 Å². The first-order valence-corrected chi connectivity index (χ1v) is 8.16. The SMILES string of the molecule is CCc1cccc(C)c1Nc1nncc(Nc2ccccc2OC)n1.